The first-order valence-corrected chi connectivity index (χ1v) is 7.30. The minimum absolute atomic E-state index is 0.238. The molecule has 0 bridgehead atoms. The first-order valence-electron chi connectivity index (χ1n) is 7.30. The van der Waals surface area contributed by atoms with Gasteiger partial charge in [0.2, 0.25) is 0 Å². The molecular formula is C16H14N2O6. The average molecular weight is 330 g/mol. The summed E-state index contributed by atoms with van der Waals surface area (Å²) in [6, 6.07) is 6.41. The van der Waals surface area contributed by atoms with Crippen LogP contribution in [0.4, 0.5) is 0 Å². The van der Waals surface area contributed by atoms with Crippen molar-refractivity contribution in [1.29, 1.82) is 0 Å². The first kappa shape index (κ1) is 15.7. The normalized spacial score (nSPS) is 14.2. The third-order valence-electron chi connectivity index (χ3n) is 3.66. The number of fused-ring (bicyclic) bond motifs is 1. The van der Waals surface area contributed by atoms with Crippen LogP contribution in [0.25, 0.3) is 10.9 Å². The molecule has 1 saturated carbocycles. The molecule has 3 rings (SSSR count). The minimum atomic E-state index is -1.44. The van der Waals surface area contributed by atoms with E-state index in [9.17, 15) is 19.5 Å². The van der Waals surface area contributed by atoms with Crippen molar-refractivity contribution < 1.29 is 24.6 Å². The zero-order valence-corrected chi connectivity index (χ0v) is 12.5. The topological polar surface area (TPSA) is 118 Å². The number of carboxylic acids is 1. The monoisotopic (exact) mass is 330 g/mol. The molecule has 0 atom stereocenters. The Morgan fingerprint density at radius 2 is 2.04 bits per heavy atom. The van der Waals surface area contributed by atoms with Gasteiger partial charge in [0.05, 0.1) is 5.52 Å². The van der Waals surface area contributed by atoms with E-state index >= 15 is 0 Å². The molecule has 2 aromatic rings. The van der Waals surface area contributed by atoms with Gasteiger partial charge in [0.25, 0.3) is 11.5 Å². The highest BCUT2D eigenvalue weighted by Gasteiger charge is 2.26. The Hall–Kier alpha value is -3.16. The Morgan fingerprint density at radius 3 is 2.71 bits per heavy atom. The van der Waals surface area contributed by atoms with Crippen LogP contribution in [0.2, 0.25) is 0 Å². The predicted molar refractivity (Wildman–Crippen MR) is 84.5 cm³/mol. The Morgan fingerprint density at radius 1 is 1.33 bits per heavy atom. The molecule has 8 nitrogen and oxygen atoms in total. The lowest BCUT2D eigenvalue weighted by molar-refractivity contribution is -0.128. The van der Waals surface area contributed by atoms with Gasteiger partial charge in [-0.2, -0.15) is 0 Å². The molecule has 0 spiro atoms. The van der Waals surface area contributed by atoms with Crippen LogP contribution in [0.1, 0.15) is 23.2 Å². The maximum Gasteiger partial charge on any atom is 0.347 e. The van der Waals surface area contributed by atoms with Crippen molar-refractivity contribution in [2.75, 3.05) is 6.61 Å². The number of para-hydroxylation sites is 1. The van der Waals surface area contributed by atoms with Crippen LogP contribution < -0.4 is 10.4 Å². The number of aromatic hydroxyl groups is 1. The third-order valence-corrected chi connectivity index (χ3v) is 3.66. The lowest BCUT2D eigenvalue weighted by Gasteiger charge is -2.14. The zero-order chi connectivity index (χ0) is 17.3. The molecule has 1 fully saturated rings. The van der Waals surface area contributed by atoms with E-state index in [1.165, 1.54) is 6.07 Å². The van der Waals surface area contributed by atoms with E-state index in [1.807, 2.05) is 0 Å². The minimum Gasteiger partial charge on any atom is -0.506 e. The summed E-state index contributed by atoms with van der Waals surface area (Å²) in [5.74, 6) is -2.76. The molecule has 0 radical (unpaired) electrons. The van der Waals surface area contributed by atoms with Crippen LogP contribution in [0.15, 0.2) is 34.1 Å². The maximum atomic E-state index is 12.6. The smallest absolute Gasteiger partial charge is 0.347 e. The Labute approximate surface area is 135 Å². The molecule has 0 aliphatic heterocycles. The van der Waals surface area contributed by atoms with Crippen molar-refractivity contribution in [2.24, 2.45) is 10.9 Å². The molecule has 124 valence electrons. The van der Waals surface area contributed by atoms with E-state index in [2.05, 4.69) is 4.99 Å². The number of aliphatic carboxylic acids is 1. The lowest BCUT2D eigenvalue weighted by atomic mass is 10.1. The number of carboxylic acid groups (broad SMARTS) is 1. The molecule has 8 heteroatoms. The van der Waals surface area contributed by atoms with Gasteiger partial charge >= 0.3 is 5.97 Å². The summed E-state index contributed by atoms with van der Waals surface area (Å²) < 4.78 is 0.955. The van der Waals surface area contributed by atoms with Crippen LogP contribution in [-0.2, 0) is 4.79 Å². The summed E-state index contributed by atoms with van der Waals surface area (Å²) >= 11 is 0. The second-order valence-electron chi connectivity index (χ2n) is 5.48. The van der Waals surface area contributed by atoms with Crippen LogP contribution in [0.3, 0.4) is 0 Å². The van der Waals surface area contributed by atoms with Crippen molar-refractivity contribution >= 4 is 29.0 Å². The van der Waals surface area contributed by atoms with E-state index in [4.69, 9.17) is 9.94 Å². The van der Waals surface area contributed by atoms with E-state index < -0.39 is 28.7 Å². The number of benzene rings is 1. The summed E-state index contributed by atoms with van der Waals surface area (Å²) in [6.07, 6.45) is 2.39. The fraction of sp³-hybridized carbons (Fsp3) is 0.250. The van der Waals surface area contributed by atoms with E-state index in [0.29, 0.717) is 24.3 Å². The molecule has 24 heavy (non-hydrogen) atoms. The molecule has 1 aromatic carbocycles. The summed E-state index contributed by atoms with van der Waals surface area (Å²) in [5, 5.41) is 19.1. The van der Waals surface area contributed by atoms with Crippen LogP contribution in [0, 0.1) is 5.92 Å². The highest BCUT2D eigenvalue weighted by molar-refractivity contribution is 6.25. The molecule has 1 amide bonds. The molecule has 1 aromatic heterocycles. The van der Waals surface area contributed by atoms with Gasteiger partial charge in [-0.05, 0) is 30.9 Å². The van der Waals surface area contributed by atoms with Crippen molar-refractivity contribution in [3.63, 3.8) is 0 Å². The number of carbonyl (C=O) groups excluding carboxylic acids is 1. The van der Waals surface area contributed by atoms with E-state index in [1.54, 1.807) is 18.2 Å². The Balaban J connectivity index is 2.15. The number of pyridine rings is 1. The summed E-state index contributed by atoms with van der Waals surface area (Å²) in [7, 11) is 0. The molecule has 1 heterocycles. The van der Waals surface area contributed by atoms with E-state index in [-0.39, 0.29) is 5.39 Å². The maximum absolute atomic E-state index is 12.6. The van der Waals surface area contributed by atoms with Crippen LogP contribution in [-0.4, -0.2) is 39.6 Å². The van der Waals surface area contributed by atoms with Crippen LogP contribution >= 0.6 is 0 Å². The number of aromatic nitrogens is 1. The largest absolute Gasteiger partial charge is 0.506 e. The van der Waals surface area contributed by atoms with Gasteiger partial charge in [0, 0.05) is 5.39 Å². The number of hydrogen-bond acceptors (Lipinski definition) is 5. The molecule has 2 N–H and O–H groups in total. The first-order chi connectivity index (χ1) is 11.5. The van der Waals surface area contributed by atoms with Gasteiger partial charge in [0.15, 0.2) is 5.56 Å². The van der Waals surface area contributed by atoms with Crippen molar-refractivity contribution in [3.8, 4) is 5.75 Å². The SMILES string of the molecule is O=C(O)C=NC(=O)c1c(O)c2ccccc2n(OCC2CC2)c1=O. The Kier molecular flexibility index (Phi) is 4.03. The average Bonchev–Trinajstić information content (AvgIpc) is 3.37. The second kappa shape index (κ2) is 6.15. The number of carbonyl (C=O) groups is 2. The highest BCUT2D eigenvalue weighted by atomic mass is 16.7. The number of rotatable bonds is 5. The van der Waals surface area contributed by atoms with Crippen LogP contribution in [0.5, 0.6) is 5.75 Å². The molecular weight excluding hydrogens is 316 g/mol. The number of amides is 1. The standard InChI is InChI=1S/C16H14N2O6/c19-12(20)7-17-15(22)13-14(21)10-3-1-2-4-11(10)18(16(13)23)24-8-9-5-6-9/h1-4,7,9,21H,5-6,8H2,(H,19,20). The third kappa shape index (κ3) is 2.98. The summed E-state index contributed by atoms with van der Waals surface area (Å²) in [5.41, 5.74) is -1.18. The molecule has 1 aliphatic rings. The molecule has 0 saturated heterocycles. The van der Waals surface area contributed by atoms with Gasteiger partial charge in [-0.3, -0.25) is 9.59 Å². The Bertz CT molecular complexity index is 911. The fourth-order valence-corrected chi connectivity index (χ4v) is 2.26. The number of nitrogens with zero attached hydrogens (tertiary/aromatic N) is 2. The van der Waals surface area contributed by atoms with Gasteiger partial charge in [-0.25, -0.2) is 9.79 Å². The molecule has 1 aliphatic carbocycles. The fourth-order valence-electron chi connectivity index (χ4n) is 2.26. The van der Waals surface area contributed by atoms with Crippen molar-refractivity contribution in [3.05, 3.63) is 40.2 Å². The number of hydrogen-bond donors (Lipinski definition) is 2. The van der Waals surface area contributed by atoms with Gasteiger partial charge < -0.3 is 15.1 Å². The highest BCUT2D eigenvalue weighted by Crippen LogP contribution is 2.29. The number of aliphatic imine (C=N–C) groups is 1. The summed E-state index contributed by atoms with van der Waals surface area (Å²) in [4.78, 5) is 43.8. The van der Waals surface area contributed by atoms with Gasteiger partial charge in [-0.1, -0.05) is 12.1 Å². The zero-order valence-electron chi connectivity index (χ0n) is 12.5. The lowest BCUT2D eigenvalue weighted by Crippen LogP contribution is -2.32. The van der Waals surface area contributed by atoms with E-state index in [0.717, 1.165) is 17.6 Å². The van der Waals surface area contributed by atoms with Gasteiger partial charge in [-0.15, -0.1) is 4.73 Å². The van der Waals surface area contributed by atoms with Crippen molar-refractivity contribution in [1.82, 2.24) is 4.73 Å². The molecule has 0 unspecified atom stereocenters. The summed E-state index contributed by atoms with van der Waals surface area (Å²) in [6.45, 7) is 0.320. The second-order valence-corrected chi connectivity index (χ2v) is 5.48. The quantitative estimate of drug-likeness (QED) is 0.784. The van der Waals surface area contributed by atoms with Crippen molar-refractivity contribution in [2.45, 2.75) is 12.8 Å². The van der Waals surface area contributed by atoms with Gasteiger partial charge in [0.1, 0.15) is 18.6 Å². The predicted octanol–water partition coefficient (Wildman–Crippen LogP) is 0.841.